The van der Waals surface area contributed by atoms with Crippen LogP contribution in [0, 0.1) is 6.92 Å². The molecule has 25 heavy (non-hydrogen) atoms. The molecule has 1 aromatic rings. The molecular formula is C18H31N7. The molecule has 0 aromatic carbocycles. The van der Waals surface area contributed by atoms with Crippen molar-refractivity contribution >= 4 is 5.96 Å². The molecule has 7 heteroatoms. The Balaban J connectivity index is 1.64. The topological polar surface area (TPSA) is 61.6 Å². The van der Waals surface area contributed by atoms with Crippen molar-refractivity contribution in [3.63, 3.8) is 0 Å². The van der Waals surface area contributed by atoms with E-state index in [9.17, 15) is 0 Å². The summed E-state index contributed by atoms with van der Waals surface area (Å²) in [6, 6.07) is 0.660. The predicted octanol–water partition coefficient (Wildman–Crippen LogP) is 1.32. The molecular weight excluding hydrogens is 314 g/mol. The molecule has 2 saturated heterocycles. The number of hydrogen-bond donors (Lipinski definition) is 1. The van der Waals surface area contributed by atoms with Crippen LogP contribution in [0.3, 0.4) is 0 Å². The molecule has 2 aliphatic rings. The van der Waals surface area contributed by atoms with Crippen LogP contribution >= 0.6 is 0 Å². The van der Waals surface area contributed by atoms with Gasteiger partial charge in [0.2, 0.25) is 0 Å². The molecule has 1 unspecified atom stereocenters. The van der Waals surface area contributed by atoms with Crippen molar-refractivity contribution in [3.8, 4) is 0 Å². The van der Waals surface area contributed by atoms with E-state index in [-0.39, 0.29) is 0 Å². The number of aromatic nitrogens is 3. The number of nitrogens with one attached hydrogen (secondary N) is 1. The van der Waals surface area contributed by atoms with Crippen molar-refractivity contribution in [1.29, 1.82) is 0 Å². The van der Waals surface area contributed by atoms with Gasteiger partial charge in [0.1, 0.15) is 12.4 Å². The Kier molecular flexibility index (Phi) is 6.07. The van der Waals surface area contributed by atoms with Crippen LogP contribution in [0.5, 0.6) is 0 Å². The van der Waals surface area contributed by atoms with Gasteiger partial charge in [-0.25, -0.2) is 4.99 Å². The van der Waals surface area contributed by atoms with Gasteiger partial charge in [0.25, 0.3) is 0 Å². The maximum atomic E-state index is 4.81. The molecule has 0 spiro atoms. The van der Waals surface area contributed by atoms with Gasteiger partial charge in [-0.05, 0) is 39.3 Å². The average molecular weight is 345 g/mol. The molecule has 1 N–H and O–H groups in total. The van der Waals surface area contributed by atoms with Gasteiger partial charge in [0.05, 0.1) is 0 Å². The van der Waals surface area contributed by atoms with E-state index in [0.29, 0.717) is 12.6 Å². The third kappa shape index (κ3) is 4.39. The summed E-state index contributed by atoms with van der Waals surface area (Å²) < 4.78 is 2.00. The zero-order valence-corrected chi connectivity index (χ0v) is 15.6. The minimum Gasteiger partial charge on any atom is -0.353 e. The Morgan fingerprint density at radius 1 is 1.28 bits per heavy atom. The van der Waals surface area contributed by atoms with Crippen LogP contribution in [0.1, 0.15) is 37.3 Å². The van der Waals surface area contributed by atoms with E-state index in [2.05, 4.69) is 31.9 Å². The Labute approximate surface area is 150 Å². The van der Waals surface area contributed by atoms with Crippen LogP contribution in [0.15, 0.2) is 17.6 Å². The average Bonchev–Trinajstić information content (AvgIpc) is 3.25. The van der Waals surface area contributed by atoms with Crippen LogP contribution in [0.2, 0.25) is 0 Å². The highest BCUT2D eigenvalue weighted by atomic mass is 15.3. The predicted molar refractivity (Wildman–Crippen MR) is 100 cm³/mol. The molecule has 2 fully saturated rings. The highest BCUT2D eigenvalue weighted by molar-refractivity contribution is 5.80. The number of aliphatic imine (C=N–C) groups is 1. The fraction of sp³-hybridized carbons (Fsp3) is 0.722. The summed E-state index contributed by atoms with van der Waals surface area (Å²) in [5, 5.41) is 11.7. The fourth-order valence-electron chi connectivity index (χ4n) is 3.68. The van der Waals surface area contributed by atoms with Gasteiger partial charge in [0.15, 0.2) is 11.8 Å². The quantitative estimate of drug-likeness (QED) is 0.495. The van der Waals surface area contributed by atoms with Crippen molar-refractivity contribution in [2.75, 3.05) is 32.7 Å². The lowest BCUT2D eigenvalue weighted by Gasteiger charge is -2.32. The normalized spacial score (nSPS) is 22.4. The molecule has 3 heterocycles. The van der Waals surface area contributed by atoms with Crippen molar-refractivity contribution in [2.45, 2.75) is 45.2 Å². The second-order valence-corrected chi connectivity index (χ2v) is 7.02. The van der Waals surface area contributed by atoms with Crippen molar-refractivity contribution < 1.29 is 0 Å². The first-order valence-electron chi connectivity index (χ1n) is 9.42. The highest BCUT2D eigenvalue weighted by Crippen LogP contribution is 2.20. The Morgan fingerprint density at radius 2 is 2.08 bits per heavy atom. The lowest BCUT2D eigenvalue weighted by molar-refractivity contribution is 0.168. The molecule has 0 saturated carbocycles. The summed E-state index contributed by atoms with van der Waals surface area (Å²) in [6.07, 6.45) is 7.17. The number of hydrogen-bond acceptors (Lipinski definition) is 4. The number of nitrogens with zero attached hydrogens (tertiary/aromatic N) is 6. The molecule has 2 aliphatic heterocycles. The SMILES string of the molecule is C=CCNC(=NCc1nnc(C)n1C)N1CCC(N2CCCCC2)C1. The number of guanidine groups is 1. The number of piperidine rings is 1. The van der Waals surface area contributed by atoms with Crippen molar-refractivity contribution in [2.24, 2.45) is 12.0 Å². The number of aryl methyl sites for hydroxylation is 1. The van der Waals surface area contributed by atoms with E-state index >= 15 is 0 Å². The van der Waals surface area contributed by atoms with Gasteiger partial charge in [-0.2, -0.15) is 0 Å². The summed E-state index contributed by atoms with van der Waals surface area (Å²) in [5.74, 6) is 2.76. The summed E-state index contributed by atoms with van der Waals surface area (Å²) in [6.45, 7) is 11.7. The molecule has 138 valence electrons. The monoisotopic (exact) mass is 345 g/mol. The molecule has 3 rings (SSSR count). The summed E-state index contributed by atoms with van der Waals surface area (Å²) >= 11 is 0. The smallest absolute Gasteiger partial charge is 0.194 e. The van der Waals surface area contributed by atoms with Crippen LogP contribution in [-0.4, -0.2) is 69.3 Å². The third-order valence-electron chi connectivity index (χ3n) is 5.33. The number of likely N-dealkylation sites (tertiary alicyclic amines) is 2. The summed E-state index contributed by atoms with van der Waals surface area (Å²) in [7, 11) is 1.99. The van der Waals surface area contributed by atoms with Gasteiger partial charge >= 0.3 is 0 Å². The van der Waals surface area contributed by atoms with E-state index in [1.807, 2.05) is 24.6 Å². The Morgan fingerprint density at radius 3 is 2.76 bits per heavy atom. The Bertz CT molecular complexity index is 601. The van der Waals surface area contributed by atoms with Crippen molar-refractivity contribution in [1.82, 2.24) is 29.9 Å². The largest absolute Gasteiger partial charge is 0.353 e. The van der Waals surface area contributed by atoms with E-state index in [0.717, 1.165) is 37.2 Å². The molecule has 0 aliphatic carbocycles. The first-order valence-corrected chi connectivity index (χ1v) is 9.42. The fourth-order valence-corrected chi connectivity index (χ4v) is 3.68. The molecule has 1 aromatic heterocycles. The van der Waals surface area contributed by atoms with Crippen LogP contribution in [0.4, 0.5) is 0 Å². The minimum atomic E-state index is 0.543. The lowest BCUT2D eigenvalue weighted by Crippen LogP contribution is -2.44. The van der Waals surface area contributed by atoms with Gasteiger partial charge in [-0.15, -0.1) is 16.8 Å². The van der Waals surface area contributed by atoms with Gasteiger partial charge < -0.3 is 14.8 Å². The van der Waals surface area contributed by atoms with Crippen LogP contribution < -0.4 is 5.32 Å². The number of rotatable bonds is 5. The molecule has 7 nitrogen and oxygen atoms in total. The van der Waals surface area contributed by atoms with Gasteiger partial charge in [0, 0.05) is 32.7 Å². The third-order valence-corrected chi connectivity index (χ3v) is 5.33. The minimum absolute atomic E-state index is 0.543. The summed E-state index contributed by atoms with van der Waals surface area (Å²) in [5.41, 5.74) is 0. The van der Waals surface area contributed by atoms with E-state index in [1.54, 1.807) is 0 Å². The highest BCUT2D eigenvalue weighted by Gasteiger charge is 2.30. The first-order chi connectivity index (χ1) is 12.2. The molecule has 0 amide bonds. The molecule has 0 bridgehead atoms. The van der Waals surface area contributed by atoms with Crippen molar-refractivity contribution in [3.05, 3.63) is 24.3 Å². The first kappa shape index (κ1) is 17.9. The van der Waals surface area contributed by atoms with Gasteiger partial charge in [-0.1, -0.05) is 12.5 Å². The summed E-state index contributed by atoms with van der Waals surface area (Å²) in [4.78, 5) is 9.86. The van der Waals surface area contributed by atoms with E-state index in [1.165, 1.54) is 38.8 Å². The maximum Gasteiger partial charge on any atom is 0.194 e. The van der Waals surface area contributed by atoms with E-state index < -0.39 is 0 Å². The second kappa shape index (κ2) is 8.47. The molecule has 0 radical (unpaired) electrons. The standard InChI is InChI=1S/C18H31N7/c1-4-9-19-18(20-13-17-22-21-15(2)23(17)3)25-12-8-16(14-25)24-10-6-5-7-11-24/h4,16H,1,5-14H2,2-3H3,(H,19,20). The zero-order chi connectivity index (χ0) is 17.6. The van der Waals surface area contributed by atoms with E-state index in [4.69, 9.17) is 4.99 Å². The second-order valence-electron chi connectivity index (χ2n) is 7.02. The Hall–Kier alpha value is -1.89. The molecule has 1 atom stereocenters. The maximum absolute atomic E-state index is 4.81. The van der Waals surface area contributed by atoms with Crippen LogP contribution in [-0.2, 0) is 13.6 Å². The lowest BCUT2D eigenvalue weighted by atomic mass is 10.1. The van der Waals surface area contributed by atoms with Crippen LogP contribution in [0.25, 0.3) is 0 Å². The van der Waals surface area contributed by atoms with Gasteiger partial charge in [-0.3, -0.25) is 4.90 Å². The zero-order valence-electron chi connectivity index (χ0n) is 15.6.